The fourth-order valence-electron chi connectivity index (χ4n) is 2.74. The number of hydrogen-bond donors (Lipinski definition) is 3. The average molecular weight is 372 g/mol. The van der Waals surface area contributed by atoms with Gasteiger partial charge in [-0.15, -0.1) is 0 Å². The number of aliphatic carboxylic acids is 1. The molecule has 0 aliphatic heterocycles. The van der Waals surface area contributed by atoms with Crippen LogP contribution in [0.25, 0.3) is 11.3 Å². The quantitative estimate of drug-likeness (QED) is 0.649. The molecule has 0 fully saturated rings. The van der Waals surface area contributed by atoms with E-state index < -0.39 is 23.8 Å². The third-order valence-corrected chi connectivity index (χ3v) is 3.98. The first kappa shape index (κ1) is 20.2. The van der Waals surface area contributed by atoms with E-state index in [2.05, 4.69) is 15.7 Å². The topological polar surface area (TPSA) is 113 Å². The SMILES string of the molecule is CC(C)C[C@H](NC(=O)CNC(=O)c1cnn(C)c1-c1ccccc1)C(=O)O. The van der Waals surface area contributed by atoms with Gasteiger partial charge in [0.2, 0.25) is 5.91 Å². The Kier molecular flexibility index (Phi) is 6.70. The second-order valence-electron chi connectivity index (χ2n) is 6.67. The molecule has 3 N–H and O–H groups in total. The number of nitrogens with zero attached hydrogens (tertiary/aromatic N) is 2. The molecule has 2 rings (SSSR count). The summed E-state index contributed by atoms with van der Waals surface area (Å²) in [6.45, 7) is 3.43. The van der Waals surface area contributed by atoms with Crippen molar-refractivity contribution in [3.8, 4) is 11.3 Å². The first-order chi connectivity index (χ1) is 12.8. The summed E-state index contributed by atoms with van der Waals surface area (Å²) in [6.07, 6.45) is 1.75. The number of carbonyl (C=O) groups is 3. The summed E-state index contributed by atoms with van der Waals surface area (Å²) < 4.78 is 1.59. The van der Waals surface area contributed by atoms with Gasteiger partial charge >= 0.3 is 5.97 Å². The van der Waals surface area contributed by atoms with E-state index in [4.69, 9.17) is 0 Å². The summed E-state index contributed by atoms with van der Waals surface area (Å²) in [5.41, 5.74) is 1.81. The molecule has 0 bridgehead atoms. The molecule has 2 aromatic rings. The highest BCUT2D eigenvalue weighted by molar-refractivity contribution is 6.01. The highest BCUT2D eigenvalue weighted by Crippen LogP contribution is 2.22. The van der Waals surface area contributed by atoms with E-state index in [0.29, 0.717) is 17.7 Å². The van der Waals surface area contributed by atoms with Gasteiger partial charge in [-0.05, 0) is 12.3 Å². The van der Waals surface area contributed by atoms with E-state index in [1.807, 2.05) is 44.2 Å². The molecule has 144 valence electrons. The van der Waals surface area contributed by atoms with Crippen LogP contribution < -0.4 is 10.6 Å². The molecule has 0 saturated carbocycles. The number of aromatic nitrogens is 2. The van der Waals surface area contributed by atoms with Gasteiger partial charge < -0.3 is 15.7 Å². The smallest absolute Gasteiger partial charge is 0.326 e. The van der Waals surface area contributed by atoms with Crippen LogP contribution in [0.3, 0.4) is 0 Å². The number of carboxylic acids is 1. The van der Waals surface area contributed by atoms with E-state index >= 15 is 0 Å². The molecular weight excluding hydrogens is 348 g/mol. The monoisotopic (exact) mass is 372 g/mol. The molecule has 0 saturated heterocycles. The first-order valence-electron chi connectivity index (χ1n) is 8.67. The Morgan fingerprint density at radius 2 is 1.85 bits per heavy atom. The predicted molar refractivity (Wildman–Crippen MR) is 100.0 cm³/mol. The van der Waals surface area contributed by atoms with Crippen molar-refractivity contribution in [3.63, 3.8) is 0 Å². The largest absolute Gasteiger partial charge is 0.480 e. The number of nitrogens with one attached hydrogen (secondary N) is 2. The number of carboxylic acid groups (broad SMARTS) is 1. The highest BCUT2D eigenvalue weighted by atomic mass is 16.4. The van der Waals surface area contributed by atoms with Crippen LogP contribution in [0.15, 0.2) is 36.5 Å². The van der Waals surface area contributed by atoms with Crippen molar-refractivity contribution in [2.75, 3.05) is 6.54 Å². The zero-order valence-electron chi connectivity index (χ0n) is 15.6. The van der Waals surface area contributed by atoms with Gasteiger partial charge in [0.05, 0.1) is 24.0 Å². The summed E-state index contributed by atoms with van der Waals surface area (Å²) >= 11 is 0. The molecule has 8 heteroatoms. The third kappa shape index (κ3) is 5.40. The molecule has 0 aliphatic carbocycles. The number of hydrogen-bond acceptors (Lipinski definition) is 4. The van der Waals surface area contributed by atoms with Crippen molar-refractivity contribution in [3.05, 3.63) is 42.1 Å². The number of aryl methyl sites for hydroxylation is 1. The standard InChI is InChI=1S/C19H24N4O4/c1-12(2)9-15(19(26)27)22-16(24)11-20-18(25)14-10-21-23(3)17(14)13-7-5-4-6-8-13/h4-8,10,12,15H,9,11H2,1-3H3,(H,20,25)(H,22,24)(H,26,27)/t15-/m0/s1. The fourth-order valence-corrected chi connectivity index (χ4v) is 2.74. The van der Waals surface area contributed by atoms with Gasteiger partial charge in [-0.2, -0.15) is 5.10 Å². The molecule has 0 aliphatic rings. The minimum absolute atomic E-state index is 0.116. The Balaban J connectivity index is 2.02. The van der Waals surface area contributed by atoms with Crippen molar-refractivity contribution in [2.45, 2.75) is 26.3 Å². The van der Waals surface area contributed by atoms with Crippen molar-refractivity contribution < 1.29 is 19.5 Å². The summed E-state index contributed by atoms with van der Waals surface area (Å²) in [5, 5.41) is 18.3. The van der Waals surface area contributed by atoms with Gasteiger partial charge in [0.25, 0.3) is 5.91 Å². The zero-order chi connectivity index (χ0) is 20.0. The molecule has 1 heterocycles. The maximum absolute atomic E-state index is 12.5. The second-order valence-corrected chi connectivity index (χ2v) is 6.67. The Morgan fingerprint density at radius 3 is 2.44 bits per heavy atom. The van der Waals surface area contributed by atoms with Crippen molar-refractivity contribution in [1.82, 2.24) is 20.4 Å². The molecule has 0 unspecified atom stereocenters. The van der Waals surface area contributed by atoms with Gasteiger partial charge in [0.15, 0.2) is 0 Å². The second kappa shape index (κ2) is 8.98. The van der Waals surface area contributed by atoms with E-state index in [0.717, 1.165) is 5.56 Å². The van der Waals surface area contributed by atoms with Gasteiger partial charge in [-0.1, -0.05) is 44.2 Å². The maximum Gasteiger partial charge on any atom is 0.326 e. The molecule has 8 nitrogen and oxygen atoms in total. The lowest BCUT2D eigenvalue weighted by atomic mass is 10.0. The van der Waals surface area contributed by atoms with E-state index in [9.17, 15) is 19.5 Å². The van der Waals surface area contributed by atoms with Crippen LogP contribution in [-0.2, 0) is 16.6 Å². The molecule has 0 spiro atoms. The Hall–Kier alpha value is -3.16. The molecular formula is C19H24N4O4. The summed E-state index contributed by atoms with van der Waals surface area (Å²) in [7, 11) is 1.73. The molecule has 2 amide bonds. The lowest BCUT2D eigenvalue weighted by molar-refractivity contribution is -0.142. The van der Waals surface area contributed by atoms with Crippen LogP contribution in [0.1, 0.15) is 30.6 Å². The van der Waals surface area contributed by atoms with Crippen molar-refractivity contribution in [1.29, 1.82) is 0 Å². The van der Waals surface area contributed by atoms with E-state index in [-0.39, 0.29) is 12.5 Å². The molecule has 27 heavy (non-hydrogen) atoms. The lowest BCUT2D eigenvalue weighted by Crippen LogP contribution is -2.46. The van der Waals surface area contributed by atoms with Crippen LogP contribution in [0.4, 0.5) is 0 Å². The van der Waals surface area contributed by atoms with Crippen molar-refractivity contribution in [2.24, 2.45) is 13.0 Å². The molecule has 1 aromatic heterocycles. The first-order valence-corrected chi connectivity index (χ1v) is 8.67. The van der Waals surface area contributed by atoms with Crippen LogP contribution in [0.5, 0.6) is 0 Å². The Morgan fingerprint density at radius 1 is 1.19 bits per heavy atom. The van der Waals surface area contributed by atoms with Gasteiger partial charge in [-0.3, -0.25) is 14.3 Å². The molecule has 1 atom stereocenters. The number of benzene rings is 1. The van der Waals surface area contributed by atoms with E-state index in [1.165, 1.54) is 6.20 Å². The Labute approximate surface area is 157 Å². The lowest BCUT2D eigenvalue weighted by Gasteiger charge is -2.16. The summed E-state index contributed by atoms with van der Waals surface area (Å²) in [4.78, 5) is 35.7. The van der Waals surface area contributed by atoms with E-state index in [1.54, 1.807) is 11.7 Å². The minimum Gasteiger partial charge on any atom is -0.480 e. The summed E-state index contributed by atoms with van der Waals surface area (Å²) in [5.74, 6) is -1.98. The number of carbonyl (C=O) groups excluding carboxylic acids is 2. The summed E-state index contributed by atoms with van der Waals surface area (Å²) in [6, 6.07) is 8.34. The maximum atomic E-state index is 12.5. The van der Waals surface area contributed by atoms with Gasteiger partial charge in [0, 0.05) is 12.6 Å². The van der Waals surface area contributed by atoms with Crippen LogP contribution in [0.2, 0.25) is 0 Å². The normalized spacial score (nSPS) is 11.9. The molecule has 1 aromatic carbocycles. The molecule has 0 radical (unpaired) electrons. The Bertz CT molecular complexity index is 814. The number of amides is 2. The van der Waals surface area contributed by atoms with Gasteiger partial charge in [0.1, 0.15) is 6.04 Å². The van der Waals surface area contributed by atoms with Crippen LogP contribution >= 0.6 is 0 Å². The van der Waals surface area contributed by atoms with Crippen LogP contribution in [0, 0.1) is 5.92 Å². The third-order valence-electron chi connectivity index (χ3n) is 3.98. The van der Waals surface area contributed by atoms with Gasteiger partial charge in [-0.25, -0.2) is 4.79 Å². The van der Waals surface area contributed by atoms with Crippen molar-refractivity contribution >= 4 is 17.8 Å². The average Bonchev–Trinajstić information content (AvgIpc) is 3.01. The number of rotatable bonds is 8. The minimum atomic E-state index is -1.10. The fraction of sp³-hybridized carbons (Fsp3) is 0.368. The van der Waals surface area contributed by atoms with Crippen LogP contribution in [-0.4, -0.2) is 45.3 Å². The highest BCUT2D eigenvalue weighted by Gasteiger charge is 2.22. The zero-order valence-corrected chi connectivity index (χ0v) is 15.6. The predicted octanol–water partition coefficient (Wildman–Crippen LogP) is 1.43.